The second-order valence-electron chi connectivity index (χ2n) is 6.84. The van der Waals surface area contributed by atoms with Crippen LogP contribution < -0.4 is 20.7 Å². The van der Waals surface area contributed by atoms with E-state index in [2.05, 4.69) is 38.2 Å². The monoisotopic (exact) mass is 420 g/mol. The van der Waals surface area contributed by atoms with Gasteiger partial charge in [0.15, 0.2) is 5.96 Å². The Kier molecular flexibility index (Phi) is 8.05. The summed E-state index contributed by atoms with van der Waals surface area (Å²) in [6.45, 7) is 1.31. The zero-order chi connectivity index (χ0) is 21.9. The van der Waals surface area contributed by atoms with Crippen molar-refractivity contribution in [3.05, 3.63) is 78.1 Å². The van der Waals surface area contributed by atoms with Gasteiger partial charge in [0, 0.05) is 32.5 Å². The van der Waals surface area contributed by atoms with E-state index in [1.807, 2.05) is 53.3 Å². The molecule has 0 aliphatic carbocycles. The number of hydrogen-bond acceptors (Lipinski definition) is 4. The number of nitrogens with zero attached hydrogens (tertiary/aromatic N) is 3. The Morgan fingerprint density at radius 2 is 1.77 bits per heavy atom. The summed E-state index contributed by atoms with van der Waals surface area (Å²) in [7, 11) is 3.31. The molecule has 0 unspecified atom stereocenters. The van der Waals surface area contributed by atoms with Gasteiger partial charge >= 0.3 is 0 Å². The van der Waals surface area contributed by atoms with Gasteiger partial charge in [0.05, 0.1) is 19.3 Å². The first-order valence-electron chi connectivity index (χ1n) is 10.1. The minimum absolute atomic E-state index is 0.104. The lowest BCUT2D eigenvalue weighted by Crippen LogP contribution is -2.43. The van der Waals surface area contributed by atoms with Crippen molar-refractivity contribution in [2.24, 2.45) is 4.99 Å². The first kappa shape index (κ1) is 21.9. The summed E-state index contributed by atoms with van der Waals surface area (Å²) in [6, 6.07) is 17.8. The van der Waals surface area contributed by atoms with Gasteiger partial charge in [-0.1, -0.05) is 24.3 Å². The fraction of sp³-hybridized carbons (Fsp3) is 0.261. The third-order valence-electron chi connectivity index (χ3n) is 4.70. The molecule has 0 radical (unpaired) electrons. The molecule has 0 aliphatic heterocycles. The fourth-order valence-electron chi connectivity index (χ4n) is 2.95. The summed E-state index contributed by atoms with van der Waals surface area (Å²) in [5, 5.41) is 13.4. The molecule has 3 aromatic rings. The summed E-state index contributed by atoms with van der Waals surface area (Å²) in [5.41, 5.74) is 3.24. The molecule has 1 amide bonds. The smallest absolute Gasteiger partial charge is 0.239 e. The third kappa shape index (κ3) is 6.88. The van der Waals surface area contributed by atoms with E-state index in [1.165, 1.54) is 5.56 Å². The zero-order valence-corrected chi connectivity index (χ0v) is 17.8. The van der Waals surface area contributed by atoms with E-state index in [1.54, 1.807) is 20.4 Å². The van der Waals surface area contributed by atoms with Crippen LogP contribution in [0, 0.1) is 0 Å². The van der Waals surface area contributed by atoms with E-state index in [0.29, 0.717) is 19.0 Å². The Morgan fingerprint density at radius 3 is 2.42 bits per heavy atom. The van der Waals surface area contributed by atoms with Crippen LogP contribution in [0.25, 0.3) is 5.69 Å². The Labute approximate surface area is 182 Å². The highest BCUT2D eigenvalue weighted by Gasteiger charge is 2.04. The molecule has 0 saturated heterocycles. The van der Waals surface area contributed by atoms with Crippen LogP contribution in [-0.2, 0) is 17.8 Å². The Balaban J connectivity index is 1.35. The molecule has 1 aromatic heterocycles. The lowest BCUT2D eigenvalue weighted by Gasteiger charge is -2.12. The zero-order valence-electron chi connectivity index (χ0n) is 17.8. The van der Waals surface area contributed by atoms with Crippen molar-refractivity contribution in [1.29, 1.82) is 0 Å². The highest BCUT2D eigenvalue weighted by molar-refractivity contribution is 5.86. The van der Waals surface area contributed by atoms with E-state index >= 15 is 0 Å². The third-order valence-corrected chi connectivity index (χ3v) is 4.70. The number of amides is 1. The average Bonchev–Trinajstić information content (AvgIpc) is 3.35. The Bertz CT molecular complexity index is 966. The normalized spacial score (nSPS) is 11.1. The molecule has 0 fully saturated rings. The number of aromatic nitrogens is 2. The van der Waals surface area contributed by atoms with Gasteiger partial charge in [-0.25, -0.2) is 4.68 Å². The van der Waals surface area contributed by atoms with Gasteiger partial charge in [-0.15, -0.1) is 0 Å². The SMILES string of the molecule is CN=C(NCCc1ccc(-n2cccn2)cc1)NCC(=O)NCc1ccc(OC)cc1. The number of aliphatic imine (C=N–C) groups is 1. The van der Waals surface area contributed by atoms with Gasteiger partial charge in [-0.3, -0.25) is 9.79 Å². The molecule has 0 saturated carbocycles. The number of ether oxygens (including phenoxy) is 1. The number of methoxy groups -OCH3 is 1. The molecule has 8 nitrogen and oxygen atoms in total. The molecular formula is C23H28N6O2. The van der Waals surface area contributed by atoms with Gasteiger partial charge < -0.3 is 20.7 Å². The number of nitrogens with one attached hydrogen (secondary N) is 3. The molecule has 0 bridgehead atoms. The minimum atomic E-state index is -0.104. The minimum Gasteiger partial charge on any atom is -0.497 e. The van der Waals surface area contributed by atoms with Crippen LogP contribution in [0.5, 0.6) is 5.75 Å². The summed E-state index contributed by atoms with van der Waals surface area (Å²) in [5.74, 6) is 1.28. The van der Waals surface area contributed by atoms with Crippen molar-refractivity contribution >= 4 is 11.9 Å². The first-order chi connectivity index (χ1) is 15.2. The van der Waals surface area contributed by atoms with E-state index in [4.69, 9.17) is 4.74 Å². The number of guanidine groups is 1. The van der Waals surface area contributed by atoms with E-state index in [0.717, 1.165) is 23.4 Å². The number of carbonyl (C=O) groups excluding carboxylic acids is 1. The number of rotatable bonds is 9. The topological polar surface area (TPSA) is 92.6 Å². The predicted molar refractivity (Wildman–Crippen MR) is 121 cm³/mol. The van der Waals surface area contributed by atoms with E-state index in [-0.39, 0.29) is 12.5 Å². The molecule has 162 valence electrons. The summed E-state index contributed by atoms with van der Waals surface area (Å²) < 4.78 is 6.96. The molecule has 2 aromatic carbocycles. The maximum absolute atomic E-state index is 12.1. The summed E-state index contributed by atoms with van der Waals surface area (Å²) >= 11 is 0. The maximum atomic E-state index is 12.1. The molecule has 1 heterocycles. The van der Waals surface area contributed by atoms with Crippen molar-refractivity contribution in [3.8, 4) is 11.4 Å². The van der Waals surface area contributed by atoms with Crippen molar-refractivity contribution in [2.45, 2.75) is 13.0 Å². The molecule has 31 heavy (non-hydrogen) atoms. The van der Waals surface area contributed by atoms with Gasteiger partial charge in [0.2, 0.25) is 5.91 Å². The number of hydrogen-bond donors (Lipinski definition) is 3. The predicted octanol–water partition coefficient (Wildman–Crippen LogP) is 1.90. The second kappa shape index (κ2) is 11.4. The van der Waals surface area contributed by atoms with Gasteiger partial charge in [-0.2, -0.15) is 5.10 Å². The molecule has 0 atom stereocenters. The Hall–Kier alpha value is -3.81. The molecule has 0 aliphatic rings. The van der Waals surface area contributed by atoms with E-state index in [9.17, 15) is 4.79 Å². The standard InChI is InChI=1S/C23H28N6O2/c1-24-23(27-17-22(30)26-16-19-6-10-21(31-2)11-7-19)25-14-12-18-4-8-20(9-5-18)29-15-3-13-28-29/h3-11,13,15H,12,14,16-17H2,1-2H3,(H,26,30)(H2,24,25,27). The molecule has 0 spiro atoms. The Morgan fingerprint density at radius 1 is 1.03 bits per heavy atom. The van der Waals surface area contributed by atoms with Crippen molar-refractivity contribution < 1.29 is 9.53 Å². The first-order valence-corrected chi connectivity index (χ1v) is 10.1. The number of benzene rings is 2. The van der Waals surface area contributed by atoms with Crippen LogP contribution in [0.4, 0.5) is 0 Å². The van der Waals surface area contributed by atoms with Crippen LogP contribution in [0.2, 0.25) is 0 Å². The molecule has 3 N–H and O–H groups in total. The van der Waals surface area contributed by atoms with Crippen molar-refractivity contribution in [3.63, 3.8) is 0 Å². The second-order valence-corrected chi connectivity index (χ2v) is 6.84. The van der Waals surface area contributed by atoms with Gasteiger partial charge in [0.25, 0.3) is 0 Å². The van der Waals surface area contributed by atoms with Gasteiger partial charge in [0.1, 0.15) is 5.75 Å². The fourth-order valence-corrected chi connectivity index (χ4v) is 2.95. The van der Waals surface area contributed by atoms with Crippen LogP contribution in [-0.4, -0.2) is 48.9 Å². The average molecular weight is 421 g/mol. The quantitative estimate of drug-likeness (QED) is 0.363. The van der Waals surface area contributed by atoms with Crippen molar-refractivity contribution in [1.82, 2.24) is 25.7 Å². The van der Waals surface area contributed by atoms with Crippen LogP contribution >= 0.6 is 0 Å². The number of carbonyl (C=O) groups is 1. The van der Waals surface area contributed by atoms with Gasteiger partial charge in [-0.05, 0) is 47.9 Å². The molecule has 3 rings (SSSR count). The molecule has 8 heteroatoms. The van der Waals surface area contributed by atoms with E-state index < -0.39 is 0 Å². The largest absolute Gasteiger partial charge is 0.497 e. The highest BCUT2D eigenvalue weighted by atomic mass is 16.5. The van der Waals surface area contributed by atoms with Crippen LogP contribution in [0.3, 0.4) is 0 Å². The summed E-state index contributed by atoms with van der Waals surface area (Å²) in [6.07, 6.45) is 4.51. The summed E-state index contributed by atoms with van der Waals surface area (Å²) in [4.78, 5) is 16.3. The van der Waals surface area contributed by atoms with Crippen LogP contribution in [0.15, 0.2) is 72.0 Å². The van der Waals surface area contributed by atoms with Crippen LogP contribution in [0.1, 0.15) is 11.1 Å². The maximum Gasteiger partial charge on any atom is 0.239 e. The molecular weight excluding hydrogens is 392 g/mol. The lowest BCUT2D eigenvalue weighted by atomic mass is 10.1. The highest BCUT2D eigenvalue weighted by Crippen LogP contribution is 2.11. The van der Waals surface area contributed by atoms with Crippen molar-refractivity contribution in [2.75, 3.05) is 27.2 Å². The lowest BCUT2D eigenvalue weighted by molar-refractivity contribution is -0.120.